The molecular formula is C14H18O4. The normalized spacial score (nSPS) is 10.4. The molecule has 0 bridgehead atoms. The minimum Gasteiger partial charge on any atom is -0.497 e. The minimum absolute atomic E-state index is 0.360. The van der Waals surface area contributed by atoms with Crippen LogP contribution in [0.1, 0.15) is 18.9 Å². The molecule has 0 aliphatic carbocycles. The number of carbonyl (C=O) groups is 1. The highest BCUT2D eigenvalue weighted by Gasteiger charge is 2.03. The van der Waals surface area contributed by atoms with Gasteiger partial charge in [-0.05, 0) is 30.7 Å². The smallest absolute Gasteiger partial charge is 0.330 e. The van der Waals surface area contributed by atoms with Gasteiger partial charge < -0.3 is 14.2 Å². The van der Waals surface area contributed by atoms with Gasteiger partial charge in [-0.1, -0.05) is 6.92 Å². The highest BCUT2D eigenvalue weighted by atomic mass is 16.5. The summed E-state index contributed by atoms with van der Waals surface area (Å²) >= 11 is 0. The highest BCUT2D eigenvalue weighted by molar-refractivity contribution is 5.87. The second-order valence-corrected chi connectivity index (χ2v) is 3.61. The quantitative estimate of drug-likeness (QED) is 0.575. The van der Waals surface area contributed by atoms with Crippen molar-refractivity contribution >= 4 is 12.0 Å². The van der Waals surface area contributed by atoms with Gasteiger partial charge in [-0.3, -0.25) is 0 Å². The van der Waals surface area contributed by atoms with Crippen LogP contribution in [0.25, 0.3) is 6.08 Å². The van der Waals surface area contributed by atoms with E-state index in [-0.39, 0.29) is 5.97 Å². The fourth-order valence-corrected chi connectivity index (χ4v) is 1.38. The van der Waals surface area contributed by atoms with E-state index in [1.165, 1.54) is 6.08 Å². The molecule has 4 nitrogen and oxygen atoms in total. The number of hydrogen-bond acceptors (Lipinski definition) is 4. The second-order valence-electron chi connectivity index (χ2n) is 3.61. The third-order valence-electron chi connectivity index (χ3n) is 2.28. The molecule has 0 spiro atoms. The number of carbonyl (C=O) groups excluding carboxylic acids is 1. The van der Waals surface area contributed by atoms with Gasteiger partial charge in [0.25, 0.3) is 0 Å². The monoisotopic (exact) mass is 250 g/mol. The molecule has 1 aromatic carbocycles. The molecule has 0 unspecified atom stereocenters. The number of methoxy groups -OCH3 is 2. The van der Waals surface area contributed by atoms with Gasteiger partial charge in [-0.2, -0.15) is 0 Å². The summed E-state index contributed by atoms with van der Waals surface area (Å²) in [5.74, 6) is 1.02. The second kappa shape index (κ2) is 7.37. The van der Waals surface area contributed by atoms with Gasteiger partial charge in [0.2, 0.25) is 0 Å². The Hall–Kier alpha value is -1.97. The average molecular weight is 250 g/mol. The van der Waals surface area contributed by atoms with Crippen LogP contribution in [0.2, 0.25) is 0 Å². The maximum atomic E-state index is 11.3. The molecule has 0 fully saturated rings. The third-order valence-corrected chi connectivity index (χ3v) is 2.28. The van der Waals surface area contributed by atoms with Gasteiger partial charge in [0.05, 0.1) is 20.8 Å². The summed E-state index contributed by atoms with van der Waals surface area (Å²) < 4.78 is 15.3. The summed E-state index contributed by atoms with van der Waals surface area (Å²) in [6.07, 6.45) is 3.84. The first-order valence-electron chi connectivity index (χ1n) is 5.78. The van der Waals surface area contributed by atoms with Crippen molar-refractivity contribution in [1.29, 1.82) is 0 Å². The molecule has 0 aromatic heterocycles. The fraction of sp³-hybridized carbons (Fsp3) is 0.357. The molecule has 0 aliphatic heterocycles. The molecule has 0 atom stereocenters. The molecule has 0 heterocycles. The Labute approximate surface area is 107 Å². The lowest BCUT2D eigenvalue weighted by Crippen LogP contribution is -2.00. The van der Waals surface area contributed by atoms with Gasteiger partial charge in [0.15, 0.2) is 0 Å². The Kier molecular flexibility index (Phi) is 5.77. The first-order chi connectivity index (χ1) is 8.71. The zero-order valence-corrected chi connectivity index (χ0v) is 10.9. The molecular weight excluding hydrogens is 232 g/mol. The molecule has 0 radical (unpaired) electrons. The van der Waals surface area contributed by atoms with Crippen molar-refractivity contribution in [3.05, 3.63) is 29.8 Å². The van der Waals surface area contributed by atoms with Crippen molar-refractivity contribution < 1.29 is 19.0 Å². The average Bonchev–Trinajstić information content (AvgIpc) is 2.42. The summed E-state index contributed by atoms with van der Waals surface area (Å²) in [5, 5.41) is 0. The standard InChI is InChI=1S/C14H18O4/c1-4-9-18-14(15)8-5-11-10-12(16-2)6-7-13(11)17-3/h5-8,10H,4,9H2,1-3H3. The first kappa shape index (κ1) is 14.1. The molecule has 98 valence electrons. The van der Waals surface area contributed by atoms with Crippen molar-refractivity contribution in [1.82, 2.24) is 0 Å². The van der Waals surface area contributed by atoms with E-state index in [4.69, 9.17) is 14.2 Å². The van der Waals surface area contributed by atoms with Crippen LogP contribution in [-0.2, 0) is 9.53 Å². The van der Waals surface area contributed by atoms with Crippen molar-refractivity contribution in [2.24, 2.45) is 0 Å². The fourth-order valence-electron chi connectivity index (χ4n) is 1.38. The van der Waals surface area contributed by atoms with Crippen LogP contribution >= 0.6 is 0 Å². The van der Waals surface area contributed by atoms with Crippen LogP contribution in [0.4, 0.5) is 0 Å². The van der Waals surface area contributed by atoms with E-state index in [0.29, 0.717) is 18.1 Å². The predicted molar refractivity (Wildman–Crippen MR) is 69.8 cm³/mol. The van der Waals surface area contributed by atoms with E-state index in [1.807, 2.05) is 6.92 Å². The van der Waals surface area contributed by atoms with Crippen LogP contribution in [-0.4, -0.2) is 26.8 Å². The van der Waals surface area contributed by atoms with Gasteiger partial charge in [0.1, 0.15) is 11.5 Å². The number of ether oxygens (including phenoxy) is 3. The van der Waals surface area contributed by atoms with E-state index < -0.39 is 0 Å². The van der Waals surface area contributed by atoms with Gasteiger partial charge in [0, 0.05) is 11.6 Å². The van der Waals surface area contributed by atoms with E-state index in [1.54, 1.807) is 38.5 Å². The highest BCUT2D eigenvalue weighted by Crippen LogP contribution is 2.24. The Bertz CT molecular complexity index is 424. The van der Waals surface area contributed by atoms with Crippen LogP contribution in [0.3, 0.4) is 0 Å². The Morgan fingerprint density at radius 2 is 2.06 bits per heavy atom. The molecule has 0 aliphatic rings. The summed E-state index contributed by atoms with van der Waals surface area (Å²) in [6.45, 7) is 2.38. The van der Waals surface area contributed by atoms with E-state index in [2.05, 4.69) is 0 Å². The summed E-state index contributed by atoms with van der Waals surface area (Å²) in [6, 6.07) is 5.38. The molecule has 0 saturated heterocycles. The minimum atomic E-state index is -0.360. The lowest BCUT2D eigenvalue weighted by molar-refractivity contribution is -0.137. The third kappa shape index (κ3) is 4.13. The van der Waals surface area contributed by atoms with E-state index >= 15 is 0 Å². The topological polar surface area (TPSA) is 44.8 Å². The molecule has 18 heavy (non-hydrogen) atoms. The van der Waals surface area contributed by atoms with Crippen LogP contribution in [0, 0.1) is 0 Å². The van der Waals surface area contributed by atoms with E-state index in [9.17, 15) is 4.79 Å². The molecule has 1 aromatic rings. The number of benzene rings is 1. The van der Waals surface area contributed by atoms with Gasteiger partial charge in [-0.25, -0.2) is 4.79 Å². The SMILES string of the molecule is CCCOC(=O)C=Cc1cc(OC)ccc1OC. The molecule has 1 rings (SSSR count). The Morgan fingerprint density at radius 1 is 1.28 bits per heavy atom. The van der Waals surface area contributed by atoms with Gasteiger partial charge in [-0.15, -0.1) is 0 Å². The van der Waals surface area contributed by atoms with Crippen LogP contribution in [0.5, 0.6) is 11.5 Å². The van der Waals surface area contributed by atoms with Crippen molar-refractivity contribution in [2.75, 3.05) is 20.8 Å². The number of hydrogen-bond donors (Lipinski definition) is 0. The Morgan fingerprint density at radius 3 is 2.67 bits per heavy atom. The summed E-state index contributed by atoms with van der Waals surface area (Å²) in [4.78, 5) is 11.3. The largest absolute Gasteiger partial charge is 0.497 e. The number of rotatable bonds is 6. The zero-order valence-electron chi connectivity index (χ0n) is 10.9. The van der Waals surface area contributed by atoms with E-state index in [0.717, 1.165) is 12.0 Å². The van der Waals surface area contributed by atoms with Crippen LogP contribution < -0.4 is 9.47 Å². The maximum Gasteiger partial charge on any atom is 0.330 e. The number of esters is 1. The molecule has 4 heteroatoms. The predicted octanol–water partition coefficient (Wildman–Crippen LogP) is 2.67. The lowest BCUT2D eigenvalue weighted by atomic mass is 10.1. The molecule has 0 N–H and O–H groups in total. The molecule has 0 saturated carbocycles. The maximum absolute atomic E-state index is 11.3. The van der Waals surface area contributed by atoms with Crippen molar-refractivity contribution in [2.45, 2.75) is 13.3 Å². The summed E-state index contributed by atoms with van der Waals surface area (Å²) in [7, 11) is 3.17. The lowest BCUT2D eigenvalue weighted by Gasteiger charge is -2.07. The Balaban J connectivity index is 2.81. The zero-order chi connectivity index (χ0) is 13.4. The van der Waals surface area contributed by atoms with Crippen molar-refractivity contribution in [3.8, 4) is 11.5 Å². The van der Waals surface area contributed by atoms with Crippen LogP contribution in [0.15, 0.2) is 24.3 Å². The first-order valence-corrected chi connectivity index (χ1v) is 5.78. The van der Waals surface area contributed by atoms with Crippen molar-refractivity contribution in [3.63, 3.8) is 0 Å². The van der Waals surface area contributed by atoms with Gasteiger partial charge >= 0.3 is 5.97 Å². The summed E-state index contributed by atoms with van der Waals surface area (Å²) in [5.41, 5.74) is 0.769. The molecule has 0 amide bonds.